The van der Waals surface area contributed by atoms with Gasteiger partial charge in [0.05, 0.1) is 12.2 Å². The summed E-state index contributed by atoms with van der Waals surface area (Å²) in [6.07, 6.45) is 2.35. The molecule has 0 spiro atoms. The standard InChI is InChI=1S/C26H32F2N4O5S/c1-26(2,3)37-25(34)31-12-16-8-9-17(13-31)32(16)24-29-18-10-11-30(14-21(18)38-24)22(33)15-35-19-6-4-5-7-20(19)36-23(27)28/h4-7,16-17,23H,8-15H2,1-3H3. The molecule has 2 aromatic rings. The van der Waals surface area contributed by atoms with E-state index in [1.165, 1.54) is 12.1 Å². The molecule has 0 aliphatic carbocycles. The van der Waals surface area contributed by atoms with Gasteiger partial charge in [0.1, 0.15) is 5.60 Å². The van der Waals surface area contributed by atoms with E-state index in [-0.39, 0.29) is 42.2 Å². The molecular weight excluding hydrogens is 518 g/mol. The zero-order valence-electron chi connectivity index (χ0n) is 21.7. The van der Waals surface area contributed by atoms with Crippen molar-refractivity contribution in [2.24, 2.45) is 0 Å². The fourth-order valence-corrected chi connectivity index (χ4v) is 6.46. The molecule has 0 saturated carbocycles. The maximum Gasteiger partial charge on any atom is 0.410 e. The zero-order chi connectivity index (χ0) is 27.0. The number of halogens is 2. The molecular formula is C26H32F2N4O5S. The summed E-state index contributed by atoms with van der Waals surface area (Å²) < 4.78 is 40.9. The van der Waals surface area contributed by atoms with Gasteiger partial charge in [0.25, 0.3) is 5.91 Å². The molecule has 5 rings (SSSR count). The summed E-state index contributed by atoms with van der Waals surface area (Å²) in [5, 5.41) is 0.940. The van der Waals surface area contributed by atoms with Crippen molar-refractivity contribution in [1.82, 2.24) is 14.8 Å². The van der Waals surface area contributed by atoms with Crippen LogP contribution in [-0.4, -0.2) is 77.3 Å². The number of amides is 2. The molecule has 1 aromatic carbocycles. The van der Waals surface area contributed by atoms with Crippen LogP contribution >= 0.6 is 11.3 Å². The summed E-state index contributed by atoms with van der Waals surface area (Å²) in [6.45, 7) is 4.51. The number of para-hydroxylation sites is 2. The predicted octanol–water partition coefficient (Wildman–Crippen LogP) is 4.30. The normalized spacial score (nSPS) is 20.9. The Hall–Kier alpha value is -3.15. The molecule has 206 valence electrons. The van der Waals surface area contributed by atoms with Crippen LogP contribution < -0.4 is 14.4 Å². The first kappa shape index (κ1) is 26.5. The fourth-order valence-electron chi connectivity index (χ4n) is 5.19. The quantitative estimate of drug-likeness (QED) is 0.530. The Balaban J connectivity index is 1.20. The maximum atomic E-state index is 12.9. The number of nitrogens with zero attached hydrogens (tertiary/aromatic N) is 4. The Kier molecular flexibility index (Phi) is 7.34. The van der Waals surface area contributed by atoms with E-state index in [1.807, 2.05) is 25.7 Å². The fraction of sp³-hybridized carbons (Fsp3) is 0.577. The van der Waals surface area contributed by atoms with Crippen LogP contribution in [0.3, 0.4) is 0 Å². The number of carbonyl (C=O) groups is 2. The third-order valence-electron chi connectivity index (χ3n) is 6.84. The highest BCUT2D eigenvalue weighted by molar-refractivity contribution is 7.15. The van der Waals surface area contributed by atoms with E-state index in [0.29, 0.717) is 32.6 Å². The number of fused-ring (bicyclic) bond motifs is 3. The third kappa shape index (κ3) is 5.79. The minimum atomic E-state index is -2.98. The minimum Gasteiger partial charge on any atom is -0.480 e. The lowest BCUT2D eigenvalue weighted by Gasteiger charge is -2.41. The van der Waals surface area contributed by atoms with Crippen LogP contribution in [0.15, 0.2) is 24.3 Å². The third-order valence-corrected chi connectivity index (χ3v) is 7.94. The number of piperazine rings is 1. The average Bonchev–Trinajstić information content (AvgIpc) is 3.38. The Labute approximate surface area is 224 Å². The molecule has 0 radical (unpaired) electrons. The zero-order valence-corrected chi connectivity index (χ0v) is 22.5. The summed E-state index contributed by atoms with van der Waals surface area (Å²) in [7, 11) is 0. The summed E-state index contributed by atoms with van der Waals surface area (Å²) >= 11 is 1.60. The first-order valence-corrected chi connectivity index (χ1v) is 13.6. The Morgan fingerprint density at radius 1 is 1.11 bits per heavy atom. The van der Waals surface area contributed by atoms with Crippen molar-refractivity contribution in [3.05, 3.63) is 34.8 Å². The lowest BCUT2D eigenvalue weighted by Crippen LogP contribution is -2.56. The topological polar surface area (TPSA) is 84.4 Å². The molecule has 1 aromatic heterocycles. The van der Waals surface area contributed by atoms with E-state index in [2.05, 4.69) is 9.64 Å². The number of hydrogen-bond donors (Lipinski definition) is 0. The molecule has 3 aliphatic rings. The van der Waals surface area contributed by atoms with Crippen molar-refractivity contribution >= 4 is 28.5 Å². The van der Waals surface area contributed by atoms with Crippen molar-refractivity contribution in [2.75, 3.05) is 31.1 Å². The van der Waals surface area contributed by atoms with Crippen molar-refractivity contribution in [3.8, 4) is 11.5 Å². The van der Waals surface area contributed by atoms with E-state index in [1.54, 1.807) is 28.4 Å². The number of aromatic nitrogens is 1. The van der Waals surface area contributed by atoms with Gasteiger partial charge in [-0.15, -0.1) is 0 Å². The van der Waals surface area contributed by atoms with E-state index >= 15 is 0 Å². The van der Waals surface area contributed by atoms with Gasteiger partial charge in [-0.05, 0) is 45.7 Å². The first-order valence-electron chi connectivity index (χ1n) is 12.8. The van der Waals surface area contributed by atoms with E-state index in [4.69, 9.17) is 14.5 Å². The highest BCUT2D eigenvalue weighted by Crippen LogP contribution is 2.40. The van der Waals surface area contributed by atoms with Gasteiger partial charge in [0.15, 0.2) is 23.2 Å². The molecule has 0 N–H and O–H groups in total. The lowest BCUT2D eigenvalue weighted by molar-refractivity contribution is -0.134. The number of hydrogen-bond acceptors (Lipinski definition) is 8. The minimum absolute atomic E-state index is 0.0972. The van der Waals surface area contributed by atoms with Crippen LogP contribution in [0.5, 0.6) is 11.5 Å². The van der Waals surface area contributed by atoms with Gasteiger partial charge >= 0.3 is 12.7 Å². The first-order chi connectivity index (χ1) is 18.1. The monoisotopic (exact) mass is 550 g/mol. The summed E-state index contributed by atoms with van der Waals surface area (Å²) in [4.78, 5) is 37.3. The van der Waals surface area contributed by atoms with Crippen LogP contribution in [0.4, 0.5) is 18.7 Å². The molecule has 2 amide bonds. The average molecular weight is 551 g/mol. The Morgan fingerprint density at radius 2 is 1.79 bits per heavy atom. The predicted molar refractivity (Wildman–Crippen MR) is 137 cm³/mol. The number of anilines is 1. The second-order valence-electron chi connectivity index (χ2n) is 10.7. The number of ether oxygens (including phenoxy) is 3. The second-order valence-corrected chi connectivity index (χ2v) is 11.8. The summed E-state index contributed by atoms with van der Waals surface area (Å²) in [5.41, 5.74) is 0.471. The smallest absolute Gasteiger partial charge is 0.410 e. The van der Waals surface area contributed by atoms with E-state index < -0.39 is 12.2 Å². The number of rotatable bonds is 6. The molecule has 12 heteroatoms. The van der Waals surface area contributed by atoms with Gasteiger partial charge in [-0.25, -0.2) is 9.78 Å². The highest BCUT2D eigenvalue weighted by atomic mass is 32.1. The Bertz CT molecular complexity index is 1170. The van der Waals surface area contributed by atoms with Gasteiger partial charge in [-0.1, -0.05) is 23.5 Å². The molecule has 2 bridgehead atoms. The van der Waals surface area contributed by atoms with Crippen molar-refractivity contribution in [2.45, 2.75) is 70.9 Å². The number of carbonyl (C=O) groups excluding carboxylic acids is 2. The molecule has 4 heterocycles. The molecule has 9 nitrogen and oxygen atoms in total. The van der Waals surface area contributed by atoms with Gasteiger partial charge in [0, 0.05) is 43.0 Å². The maximum absolute atomic E-state index is 12.9. The molecule has 38 heavy (non-hydrogen) atoms. The SMILES string of the molecule is CC(C)(C)OC(=O)N1CC2CCC(C1)N2c1nc2c(s1)CN(C(=O)COc1ccccc1OC(F)F)CC2. The van der Waals surface area contributed by atoms with Crippen molar-refractivity contribution in [3.63, 3.8) is 0 Å². The van der Waals surface area contributed by atoms with Crippen LogP contribution in [-0.2, 0) is 22.5 Å². The van der Waals surface area contributed by atoms with Crippen LogP contribution in [0.1, 0.15) is 44.2 Å². The van der Waals surface area contributed by atoms with Gasteiger partial charge < -0.3 is 28.9 Å². The van der Waals surface area contributed by atoms with E-state index in [9.17, 15) is 18.4 Å². The largest absolute Gasteiger partial charge is 0.480 e. The molecule has 2 unspecified atom stereocenters. The molecule has 3 aliphatic heterocycles. The van der Waals surface area contributed by atoms with Crippen LogP contribution in [0.2, 0.25) is 0 Å². The van der Waals surface area contributed by atoms with Crippen LogP contribution in [0.25, 0.3) is 0 Å². The van der Waals surface area contributed by atoms with Gasteiger partial charge in [-0.2, -0.15) is 8.78 Å². The highest BCUT2D eigenvalue weighted by Gasteiger charge is 2.44. The number of thiazole rings is 1. The van der Waals surface area contributed by atoms with Crippen molar-refractivity contribution in [1.29, 1.82) is 0 Å². The van der Waals surface area contributed by atoms with Crippen molar-refractivity contribution < 1.29 is 32.6 Å². The molecule has 2 atom stereocenters. The molecule has 2 fully saturated rings. The number of alkyl halides is 2. The number of benzene rings is 1. The van der Waals surface area contributed by atoms with Gasteiger partial charge in [0.2, 0.25) is 0 Å². The lowest BCUT2D eigenvalue weighted by atomic mass is 10.2. The van der Waals surface area contributed by atoms with Gasteiger partial charge in [-0.3, -0.25) is 4.79 Å². The van der Waals surface area contributed by atoms with E-state index in [0.717, 1.165) is 28.5 Å². The second kappa shape index (κ2) is 10.5. The van der Waals surface area contributed by atoms with Crippen LogP contribution in [0, 0.1) is 0 Å². The number of likely N-dealkylation sites (tertiary alicyclic amines) is 1. The summed E-state index contributed by atoms with van der Waals surface area (Å²) in [5.74, 6) is -0.242. The molecule has 2 saturated heterocycles. The Morgan fingerprint density at radius 3 is 2.45 bits per heavy atom. The summed E-state index contributed by atoms with van der Waals surface area (Å²) in [6, 6.07) is 6.43.